The fourth-order valence-electron chi connectivity index (χ4n) is 0.730. The molecule has 0 aliphatic heterocycles. The summed E-state index contributed by atoms with van der Waals surface area (Å²) in [6.07, 6.45) is 3.37. The van der Waals surface area contributed by atoms with Crippen LogP contribution in [0.15, 0.2) is 12.4 Å². The maximum atomic E-state index is 4.88. The van der Waals surface area contributed by atoms with Gasteiger partial charge in [0.1, 0.15) is 0 Å². The fourth-order valence-corrected chi connectivity index (χ4v) is 0.730. The Balaban J connectivity index is 0.000000671. The van der Waals surface area contributed by atoms with Gasteiger partial charge in [-0.2, -0.15) is 0 Å². The smallest absolute Gasteiger partial charge is 0.231 e. The molecule has 0 fully saturated rings. The molecule has 1 aromatic rings. The maximum absolute atomic E-state index is 4.88. The molecule has 0 aromatic carbocycles. The first-order chi connectivity index (χ1) is 6.24. The minimum Gasteiger partial charge on any atom is -0.480 e. The van der Waals surface area contributed by atoms with Gasteiger partial charge in [0.05, 0.1) is 25.2 Å². The lowest BCUT2D eigenvalue weighted by Gasteiger charge is -2.03. The third-order valence-corrected chi connectivity index (χ3v) is 1.45. The van der Waals surface area contributed by atoms with Gasteiger partial charge in [0.25, 0.3) is 0 Å². The van der Waals surface area contributed by atoms with E-state index >= 15 is 0 Å². The summed E-state index contributed by atoms with van der Waals surface area (Å²) in [4.78, 5) is 8.20. The number of ether oxygens (including phenoxy) is 1. The maximum Gasteiger partial charge on any atom is 0.231 e. The third-order valence-electron chi connectivity index (χ3n) is 1.45. The number of methoxy groups -OCH3 is 1. The second-order valence-electron chi connectivity index (χ2n) is 2.64. The minimum absolute atomic E-state index is 0.424. The Morgan fingerprint density at radius 1 is 1.15 bits per heavy atom. The van der Waals surface area contributed by atoms with Crippen LogP contribution in [-0.2, 0) is 0 Å². The van der Waals surface area contributed by atoms with E-state index in [-0.39, 0.29) is 0 Å². The predicted molar refractivity (Wildman–Crippen MR) is 54.0 cm³/mol. The molecule has 0 N–H and O–H groups in total. The van der Waals surface area contributed by atoms with E-state index in [0.717, 1.165) is 5.69 Å². The fraction of sp³-hybridized carbons (Fsp3) is 0.600. The van der Waals surface area contributed by atoms with E-state index in [1.165, 1.54) is 0 Å². The molecule has 0 atom stereocenters. The van der Waals surface area contributed by atoms with Crippen molar-refractivity contribution in [1.29, 1.82) is 0 Å². The van der Waals surface area contributed by atoms with Crippen molar-refractivity contribution < 1.29 is 4.74 Å². The van der Waals surface area contributed by atoms with Crippen molar-refractivity contribution in [2.24, 2.45) is 0 Å². The molecule has 0 amide bonds. The van der Waals surface area contributed by atoms with Crippen LogP contribution in [0.5, 0.6) is 5.88 Å². The van der Waals surface area contributed by atoms with Crippen LogP contribution in [0.25, 0.3) is 0 Å². The summed E-state index contributed by atoms with van der Waals surface area (Å²) in [5, 5.41) is 0. The number of hydrogen-bond acceptors (Lipinski definition) is 3. The van der Waals surface area contributed by atoms with Crippen molar-refractivity contribution in [3.63, 3.8) is 0 Å². The summed E-state index contributed by atoms with van der Waals surface area (Å²) < 4.78 is 4.88. The SMILES string of the molecule is CC.COc1cnc(C(C)C)cn1. The van der Waals surface area contributed by atoms with Crippen molar-refractivity contribution in [3.8, 4) is 5.88 Å². The average Bonchev–Trinajstić information content (AvgIpc) is 2.21. The molecule has 3 nitrogen and oxygen atoms in total. The van der Waals surface area contributed by atoms with Crippen LogP contribution in [0.3, 0.4) is 0 Å². The monoisotopic (exact) mass is 182 g/mol. The van der Waals surface area contributed by atoms with Gasteiger partial charge in [-0.05, 0) is 5.92 Å². The van der Waals surface area contributed by atoms with E-state index in [4.69, 9.17) is 4.74 Å². The van der Waals surface area contributed by atoms with Crippen molar-refractivity contribution >= 4 is 0 Å². The van der Waals surface area contributed by atoms with E-state index in [9.17, 15) is 0 Å². The molecule has 13 heavy (non-hydrogen) atoms. The van der Waals surface area contributed by atoms with Gasteiger partial charge in [-0.15, -0.1) is 0 Å². The third kappa shape index (κ3) is 3.87. The minimum atomic E-state index is 0.424. The van der Waals surface area contributed by atoms with Crippen LogP contribution in [-0.4, -0.2) is 17.1 Å². The Morgan fingerprint density at radius 2 is 1.77 bits per heavy atom. The molecular weight excluding hydrogens is 164 g/mol. The van der Waals surface area contributed by atoms with Gasteiger partial charge in [-0.1, -0.05) is 27.7 Å². The highest BCUT2D eigenvalue weighted by molar-refractivity contribution is 5.09. The van der Waals surface area contributed by atoms with Crippen molar-refractivity contribution in [1.82, 2.24) is 9.97 Å². The predicted octanol–water partition coefficient (Wildman–Crippen LogP) is 2.63. The molecule has 0 bridgehead atoms. The Kier molecular flexibility index (Phi) is 5.85. The molecule has 0 spiro atoms. The largest absolute Gasteiger partial charge is 0.480 e. The quantitative estimate of drug-likeness (QED) is 0.705. The zero-order valence-corrected chi connectivity index (χ0v) is 9.03. The highest BCUT2D eigenvalue weighted by Gasteiger charge is 2.00. The van der Waals surface area contributed by atoms with Crippen LogP contribution in [0.4, 0.5) is 0 Å². The topological polar surface area (TPSA) is 35.0 Å². The Hall–Kier alpha value is -1.12. The molecule has 0 aliphatic rings. The Morgan fingerprint density at radius 3 is 2.08 bits per heavy atom. The first kappa shape index (κ1) is 11.9. The first-order valence-electron chi connectivity index (χ1n) is 4.60. The lowest BCUT2D eigenvalue weighted by Crippen LogP contribution is -1.95. The first-order valence-corrected chi connectivity index (χ1v) is 4.60. The molecular formula is C10H18N2O. The second-order valence-corrected chi connectivity index (χ2v) is 2.64. The molecule has 0 radical (unpaired) electrons. The van der Waals surface area contributed by atoms with Crippen LogP contribution >= 0.6 is 0 Å². The summed E-state index contributed by atoms with van der Waals surface area (Å²) in [5.41, 5.74) is 0.991. The lowest BCUT2D eigenvalue weighted by atomic mass is 10.1. The summed E-state index contributed by atoms with van der Waals surface area (Å²) in [5.74, 6) is 0.989. The van der Waals surface area contributed by atoms with Crippen LogP contribution in [0, 0.1) is 0 Å². The molecule has 1 heterocycles. The molecule has 1 rings (SSSR count). The van der Waals surface area contributed by atoms with E-state index in [1.54, 1.807) is 19.5 Å². The second kappa shape index (κ2) is 6.40. The van der Waals surface area contributed by atoms with Crippen molar-refractivity contribution in [2.75, 3.05) is 7.11 Å². The number of aromatic nitrogens is 2. The molecule has 3 heteroatoms. The summed E-state index contributed by atoms with van der Waals surface area (Å²) in [6, 6.07) is 0. The number of nitrogens with zero attached hydrogens (tertiary/aromatic N) is 2. The summed E-state index contributed by atoms with van der Waals surface area (Å²) >= 11 is 0. The molecule has 74 valence electrons. The summed E-state index contributed by atoms with van der Waals surface area (Å²) in [7, 11) is 1.58. The van der Waals surface area contributed by atoms with E-state index in [1.807, 2.05) is 13.8 Å². The van der Waals surface area contributed by atoms with Gasteiger partial charge in [-0.25, -0.2) is 4.98 Å². The molecule has 0 saturated carbocycles. The van der Waals surface area contributed by atoms with Crippen molar-refractivity contribution in [3.05, 3.63) is 18.1 Å². The number of rotatable bonds is 2. The zero-order chi connectivity index (χ0) is 10.3. The van der Waals surface area contributed by atoms with Gasteiger partial charge in [-0.3, -0.25) is 4.98 Å². The molecule has 0 unspecified atom stereocenters. The standard InChI is InChI=1S/C8H12N2O.C2H6/c1-6(2)7-4-10-8(11-3)5-9-7;1-2/h4-6H,1-3H3;1-2H3. The highest BCUT2D eigenvalue weighted by atomic mass is 16.5. The van der Waals surface area contributed by atoms with Crippen molar-refractivity contribution in [2.45, 2.75) is 33.6 Å². The zero-order valence-electron chi connectivity index (χ0n) is 9.03. The van der Waals surface area contributed by atoms with Gasteiger partial charge in [0.15, 0.2) is 0 Å². The van der Waals surface area contributed by atoms with E-state index < -0.39 is 0 Å². The highest BCUT2D eigenvalue weighted by Crippen LogP contribution is 2.11. The molecule has 1 aromatic heterocycles. The average molecular weight is 182 g/mol. The lowest BCUT2D eigenvalue weighted by molar-refractivity contribution is 0.395. The van der Waals surface area contributed by atoms with Gasteiger partial charge < -0.3 is 4.74 Å². The van der Waals surface area contributed by atoms with Crippen LogP contribution in [0.1, 0.15) is 39.3 Å². The Bertz CT molecular complexity index is 219. The van der Waals surface area contributed by atoms with Gasteiger partial charge in [0, 0.05) is 0 Å². The van der Waals surface area contributed by atoms with Gasteiger partial charge >= 0.3 is 0 Å². The molecule has 0 aliphatic carbocycles. The van der Waals surface area contributed by atoms with E-state index in [2.05, 4.69) is 23.8 Å². The Labute approximate surface area is 80.2 Å². The normalized spacial score (nSPS) is 9.08. The van der Waals surface area contributed by atoms with Crippen LogP contribution < -0.4 is 4.74 Å². The van der Waals surface area contributed by atoms with Gasteiger partial charge in [0.2, 0.25) is 5.88 Å². The number of hydrogen-bond donors (Lipinski definition) is 0. The molecule has 0 saturated heterocycles. The van der Waals surface area contributed by atoms with E-state index in [0.29, 0.717) is 11.8 Å². The summed E-state index contributed by atoms with van der Waals surface area (Å²) in [6.45, 7) is 8.16. The van der Waals surface area contributed by atoms with Crippen LogP contribution in [0.2, 0.25) is 0 Å².